The molecule has 1 atom stereocenters. The third-order valence-electron chi connectivity index (χ3n) is 6.11. The van der Waals surface area contributed by atoms with Crippen molar-refractivity contribution in [2.24, 2.45) is 0 Å². The Morgan fingerprint density at radius 2 is 1.85 bits per heavy atom. The van der Waals surface area contributed by atoms with Gasteiger partial charge < -0.3 is 14.6 Å². The average molecular weight is 478 g/mol. The molecule has 0 spiro atoms. The van der Waals surface area contributed by atoms with Crippen molar-refractivity contribution in [2.45, 2.75) is 31.3 Å². The van der Waals surface area contributed by atoms with Crippen molar-refractivity contribution in [2.75, 3.05) is 57.8 Å². The normalized spacial score (nSPS) is 19.9. The Labute approximate surface area is 194 Å². The Bertz CT molecular complexity index is 1060. The van der Waals surface area contributed by atoms with E-state index in [0.29, 0.717) is 32.0 Å². The maximum Gasteiger partial charge on any atom is 0.243 e. The molecule has 2 aromatic rings. The first-order valence-electron chi connectivity index (χ1n) is 11.2. The molecule has 2 saturated heterocycles. The second-order valence-electron chi connectivity index (χ2n) is 8.45. The number of carbonyl (C=O) groups is 1. The summed E-state index contributed by atoms with van der Waals surface area (Å²) < 4.78 is 37.6. The number of nitrogens with zero attached hydrogens (tertiary/aromatic N) is 4. The van der Waals surface area contributed by atoms with E-state index in [9.17, 15) is 13.2 Å². The molecule has 0 radical (unpaired) electrons. The molecule has 2 fully saturated rings. The van der Waals surface area contributed by atoms with Gasteiger partial charge >= 0.3 is 0 Å². The molecule has 4 rings (SSSR count). The maximum atomic E-state index is 12.9. The number of benzene rings is 1. The zero-order valence-electron chi connectivity index (χ0n) is 19.1. The molecule has 0 saturated carbocycles. The van der Waals surface area contributed by atoms with E-state index < -0.39 is 10.0 Å². The average Bonchev–Trinajstić information content (AvgIpc) is 3.24. The van der Waals surface area contributed by atoms with Crippen molar-refractivity contribution in [3.63, 3.8) is 0 Å². The van der Waals surface area contributed by atoms with E-state index in [-0.39, 0.29) is 16.8 Å². The summed E-state index contributed by atoms with van der Waals surface area (Å²) in [6.07, 6.45) is 0. The van der Waals surface area contributed by atoms with Gasteiger partial charge in [-0.1, -0.05) is 11.2 Å². The van der Waals surface area contributed by atoms with Crippen LogP contribution in [0.5, 0.6) is 0 Å². The highest BCUT2D eigenvalue weighted by molar-refractivity contribution is 7.89. The fourth-order valence-electron chi connectivity index (χ4n) is 4.11. The maximum absolute atomic E-state index is 12.9. The fourth-order valence-corrected chi connectivity index (χ4v) is 5.57. The fraction of sp³-hybridized carbons (Fsp3) is 0.545. The van der Waals surface area contributed by atoms with Crippen molar-refractivity contribution >= 4 is 21.6 Å². The van der Waals surface area contributed by atoms with E-state index in [4.69, 9.17) is 9.26 Å². The molecule has 2 aliphatic rings. The van der Waals surface area contributed by atoms with Crippen LogP contribution in [0.3, 0.4) is 0 Å². The van der Waals surface area contributed by atoms with Gasteiger partial charge in [0.15, 0.2) is 0 Å². The van der Waals surface area contributed by atoms with Crippen LogP contribution >= 0.6 is 0 Å². The van der Waals surface area contributed by atoms with Gasteiger partial charge in [0.25, 0.3) is 0 Å². The van der Waals surface area contributed by atoms with Crippen LogP contribution in [0.4, 0.5) is 5.69 Å². The number of carbonyl (C=O) groups excluding carboxylic acids is 1. The van der Waals surface area contributed by atoms with Crippen molar-refractivity contribution < 1.29 is 22.5 Å². The summed E-state index contributed by atoms with van der Waals surface area (Å²) in [6.45, 7) is 9.11. The number of aromatic nitrogens is 1. The lowest BCUT2D eigenvalue weighted by atomic mass is 10.2. The first-order valence-corrected chi connectivity index (χ1v) is 12.6. The van der Waals surface area contributed by atoms with Gasteiger partial charge in [0.2, 0.25) is 15.9 Å². The van der Waals surface area contributed by atoms with E-state index in [2.05, 4.69) is 20.3 Å². The lowest BCUT2D eigenvalue weighted by Crippen LogP contribution is -2.52. The van der Waals surface area contributed by atoms with Crippen molar-refractivity contribution in [1.82, 2.24) is 19.3 Å². The van der Waals surface area contributed by atoms with E-state index in [1.54, 1.807) is 18.2 Å². The van der Waals surface area contributed by atoms with Gasteiger partial charge in [-0.25, -0.2) is 8.42 Å². The monoisotopic (exact) mass is 477 g/mol. The number of morpholine rings is 1. The smallest absolute Gasteiger partial charge is 0.243 e. The van der Waals surface area contributed by atoms with Crippen LogP contribution in [0.25, 0.3) is 0 Å². The van der Waals surface area contributed by atoms with E-state index in [1.165, 1.54) is 10.4 Å². The molecule has 10 nitrogen and oxygen atoms in total. The molecule has 0 bridgehead atoms. The molecule has 11 heteroatoms. The van der Waals surface area contributed by atoms with E-state index >= 15 is 0 Å². The third kappa shape index (κ3) is 5.79. The number of hydrogen-bond donors (Lipinski definition) is 1. The number of anilines is 1. The number of aryl methyl sites for hydroxylation is 1. The molecule has 0 unspecified atom stereocenters. The number of hydrogen-bond acceptors (Lipinski definition) is 8. The number of rotatable bonds is 7. The first kappa shape index (κ1) is 23.8. The number of nitrogens with one attached hydrogen (secondary N) is 1. The lowest BCUT2D eigenvalue weighted by Gasteiger charge is -2.37. The number of sulfonamides is 1. The molecule has 0 aliphatic carbocycles. The summed E-state index contributed by atoms with van der Waals surface area (Å²) in [5.41, 5.74) is 1.39. The van der Waals surface area contributed by atoms with Gasteiger partial charge in [-0.2, -0.15) is 4.31 Å². The minimum absolute atomic E-state index is 0.156. The molecule has 3 heterocycles. The molecular weight excluding hydrogens is 446 g/mol. The van der Waals surface area contributed by atoms with E-state index in [0.717, 1.165) is 44.2 Å². The lowest BCUT2D eigenvalue weighted by molar-refractivity contribution is -0.121. The van der Waals surface area contributed by atoms with Gasteiger partial charge in [-0.15, -0.1) is 0 Å². The highest BCUT2D eigenvalue weighted by Gasteiger charge is 2.28. The molecule has 1 aromatic carbocycles. The molecule has 2 aliphatic heterocycles. The van der Waals surface area contributed by atoms with Crippen LogP contribution in [0.2, 0.25) is 0 Å². The minimum Gasteiger partial charge on any atom is -0.379 e. The summed E-state index contributed by atoms with van der Waals surface area (Å²) in [6, 6.07) is 8.04. The summed E-state index contributed by atoms with van der Waals surface area (Å²) in [5.74, 6) is 0.646. The zero-order chi connectivity index (χ0) is 23.4. The van der Waals surface area contributed by atoms with Gasteiger partial charge in [-0.05, 0) is 32.0 Å². The Balaban J connectivity index is 1.32. The number of piperazine rings is 1. The van der Waals surface area contributed by atoms with Crippen LogP contribution in [-0.2, 0) is 26.1 Å². The minimum atomic E-state index is -3.62. The zero-order valence-corrected chi connectivity index (χ0v) is 19.9. The van der Waals surface area contributed by atoms with Crippen molar-refractivity contribution in [3.05, 3.63) is 41.8 Å². The summed E-state index contributed by atoms with van der Waals surface area (Å²) >= 11 is 0. The summed E-state index contributed by atoms with van der Waals surface area (Å²) in [7, 11) is -3.62. The Hall–Kier alpha value is -2.31. The second-order valence-corrected chi connectivity index (χ2v) is 10.4. The Morgan fingerprint density at radius 3 is 2.52 bits per heavy atom. The molecule has 33 heavy (non-hydrogen) atoms. The van der Waals surface area contributed by atoms with Gasteiger partial charge in [-0.3, -0.25) is 14.6 Å². The Kier molecular flexibility index (Phi) is 7.45. The van der Waals surface area contributed by atoms with Crippen molar-refractivity contribution in [1.29, 1.82) is 0 Å². The van der Waals surface area contributed by atoms with E-state index in [1.807, 2.05) is 19.9 Å². The molecule has 1 N–H and O–H groups in total. The molecule has 180 valence electrons. The standard InChI is InChI=1S/C22H31N5O5S/c1-17-14-20(24-32-17)16-25-6-8-26(9-7-25)18(2)22(28)23-19-4-3-5-21(15-19)33(29,30)27-10-12-31-13-11-27/h3-5,14-15,18H,6-13,16H2,1-2H3,(H,23,28)/t18-/m0/s1. The van der Waals surface area contributed by atoms with Crippen LogP contribution in [0.1, 0.15) is 18.4 Å². The van der Waals surface area contributed by atoms with Crippen LogP contribution in [0, 0.1) is 6.92 Å². The molecule has 1 amide bonds. The van der Waals surface area contributed by atoms with Crippen LogP contribution in [0.15, 0.2) is 39.8 Å². The SMILES string of the molecule is Cc1cc(CN2CCN([C@@H](C)C(=O)Nc3cccc(S(=O)(=O)N4CCOCC4)c3)CC2)no1. The predicted octanol–water partition coefficient (Wildman–Crippen LogP) is 1.15. The molecule has 1 aromatic heterocycles. The van der Waals surface area contributed by atoms with Crippen LogP contribution in [-0.4, -0.2) is 92.1 Å². The van der Waals surface area contributed by atoms with Crippen molar-refractivity contribution in [3.8, 4) is 0 Å². The number of amides is 1. The van der Waals surface area contributed by atoms with Crippen LogP contribution < -0.4 is 5.32 Å². The Morgan fingerprint density at radius 1 is 1.12 bits per heavy atom. The summed E-state index contributed by atoms with van der Waals surface area (Å²) in [4.78, 5) is 17.5. The highest BCUT2D eigenvalue weighted by atomic mass is 32.2. The quantitative estimate of drug-likeness (QED) is 0.633. The van der Waals surface area contributed by atoms with Gasteiger partial charge in [0.05, 0.1) is 29.8 Å². The van der Waals surface area contributed by atoms with Gasteiger partial charge in [0, 0.05) is 57.6 Å². The highest BCUT2D eigenvalue weighted by Crippen LogP contribution is 2.21. The van der Waals surface area contributed by atoms with Gasteiger partial charge in [0.1, 0.15) is 5.76 Å². The third-order valence-corrected chi connectivity index (χ3v) is 8.00. The summed E-state index contributed by atoms with van der Waals surface area (Å²) in [5, 5.41) is 6.93. The number of ether oxygens (including phenoxy) is 1. The second kappa shape index (κ2) is 10.3. The predicted molar refractivity (Wildman–Crippen MR) is 122 cm³/mol. The topological polar surface area (TPSA) is 108 Å². The molecular formula is C22H31N5O5S. The first-order chi connectivity index (χ1) is 15.8. The largest absolute Gasteiger partial charge is 0.379 e.